The lowest BCUT2D eigenvalue weighted by Gasteiger charge is -2.30. The topological polar surface area (TPSA) is 135 Å². The van der Waals surface area contributed by atoms with Gasteiger partial charge in [-0.15, -0.1) is 0 Å². The normalized spacial score (nSPS) is 11.9. The molecular formula is C66H35N11. The highest BCUT2D eigenvalue weighted by Gasteiger charge is 2.36. The van der Waals surface area contributed by atoms with Crippen LogP contribution in [-0.2, 0) is 0 Å². The molecule has 0 amide bonds. The molecular weight excluding hydrogens is 947 g/mol. The lowest BCUT2D eigenvalue weighted by atomic mass is 10.0. The molecule has 0 atom stereocenters. The van der Waals surface area contributed by atoms with Gasteiger partial charge in [-0.2, -0.15) is 15.8 Å². The fraction of sp³-hybridized carbons (Fsp3) is 0. The van der Waals surface area contributed by atoms with Gasteiger partial charge in [-0.1, -0.05) is 91.0 Å². The molecule has 0 spiro atoms. The molecule has 0 aliphatic rings. The minimum atomic E-state index is 0.362. The van der Waals surface area contributed by atoms with E-state index in [9.17, 15) is 15.8 Å². The summed E-state index contributed by atoms with van der Waals surface area (Å²) in [6.45, 7) is 0. The zero-order valence-corrected chi connectivity index (χ0v) is 40.6. The zero-order valence-electron chi connectivity index (χ0n) is 40.6. The summed E-state index contributed by atoms with van der Waals surface area (Å²) in [5.74, 6) is 0. The van der Waals surface area contributed by atoms with E-state index in [2.05, 4.69) is 144 Å². The molecule has 0 fully saturated rings. The number of benzene rings is 8. The first kappa shape index (κ1) is 42.2. The molecule has 8 aromatic carbocycles. The van der Waals surface area contributed by atoms with Gasteiger partial charge in [0.25, 0.3) is 0 Å². The highest BCUT2D eigenvalue weighted by atomic mass is 15.2. The third kappa shape index (κ3) is 5.62. The molecule has 77 heavy (non-hydrogen) atoms. The molecule has 0 aliphatic carbocycles. The Morgan fingerprint density at radius 1 is 0.260 bits per heavy atom. The number of hydrogen-bond acceptors (Lipinski definition) is 6. The van der Waals surface area contributed by atoms with Crippen molar-refractivity contribution in [2.24, 2.45) is 0 Å². The summed E-state index contributed by atoms with van der Waals surface area (Å²) in [5, 5.41) is 40.1. The first-order chi connectivity index (χ1) is 38.1. The van der Waals surface area contributed by atoms with Gasteiger partial charge < -0.3 is 22.8 Å². The van der Waals surface area contributed by atoms with E-state index in [-0.39, 0.29) is 0 Å². The molecule has 11 heteroatoms. The monoisotopic (exact) mass is 981 g/mol. The zero-order chi connectivity index (χ0) is 51.0. The van der Waals surface area contributed by atoms with Crippen LogP contribution in [0.25, 0.3) is 138 Å². The third-order valence-electron chi connectivity index (χ3n) is 15.5. The van der Waals surface area contributed by atoms with Gasteiger partial charge >= 0.3 is 0 Å². The van der Waals surface area contributed by atoms with Crippen molar-refractivity contribution in [1.29, 1.82) is 15.8 Å². The van der Waals surface area contributed by atoms with E-state index in [1.807, 2.05) is 110 Å². The van der Waals surface area contributed by atoms with Crippen LogP contribution in [0.4, 0.5) is 0 Å². The Hall–Kier alpha value is -11.3. The number of aromatic nitrogens is 8. The van der Waals surface area contributed by atoms with E-state index >= 15 is 0 Å². The SMILES string of the molecule is N#Cc1ccc2c(c1)c1ccccc1n2-c1c(C#N)c(-n2c3ccccc3c3cc(C#N)ccc32)c(-n2c3ccccc3c3ncccc32)c(-n2c3ccccc3c3ncccc32)c1-n1c2ccccc2c2ncccc21. The Labute approximate surface area is 437 Å². The van der Waals surface area contributed by atoms with Crippen LogP contribution in [0, 0.1) is 34.0 Å². The van der Waals surface area contributed by atoms with E-state index in [1.54, 1.807) is 0 Å². The number of nitriles is 3. The Bertz CT molecular complexity index is 4980. The molecule has 16 aromatic rings. The molecule has 0 saturated carbocycles. The van der Waals surface area contributed by atoms with Crippen molar-refractivity contribution in [3.8, 4) is 46.6 Å². The van der Waals surface area contributed by atoms with Crippen molar-refractivity contribution in [2.75, 3.05) is 0 Å². The largest absolute Gasteiger partial charge is 0.306 e. The van der Waals surface area contributed by atoms with E-state index < -0.39 is 0 Å². The second-order valence-corrected chi connectivity index (χ2v) is 19.3. The third-order valence-corrected chi connectivity index (χ3v) is 15.5. The minimum Gasteiger partial charge on any atom is -0.306 e. The smallest absolute Gasteiger partial charge is 0.105 e. The van der Waals surface area contributed by atoms with Crippen molar-refractivity contribution in [1.82, 2.24) is 37.8 Å². The second-order valence-electron chi connectivity index (χ2n) is 19.3. The van der Waals surface area contributed by atoms with E-state index in [1.165, 1.54) is 0 Å². The van der Waals surface area contributed by atoms with Crippen LogP contribution in [0.3, 0.4) is 0 Å². The van der Waals surface area contributed by atoms with Crippen LogP contribution in [0.1, 0.15) is 16.7 Å². The molecule has 0 radical (unpaired) electrons. The lowest BCUT2D eigenvalue weighted by molar-refractivity contribution is 0.991. The number of para-hydroxylation sites is 5. The summed E-state index contributed by atoms with van der Waals surface area (Å²) in [5.41, 5.74) is 15.6. The molecule has 11 nitrogen and oxygen atoms in total. The van der Waals surface area contributed by atoms with Crippen LogP contribution >= 0.6 is 0 Å². The predicted octanol–water partition coefficient (Wildman–Crippen LogP) is 15.0. The fourth-order valence-corrected chi connectivity index (χ4v) is 12.5. The number of rotatable bonds is 5. The average Bonchev–Trinajstić information content (AvgIpc) is 4.49. The summed E-state index contributed by atoms with van der Waals surface area (Å²) in [6, 6.07) is 73.2. The molecule has 8 heterocycles. The Balaban J connectivity index is 1.31. The molecule has 0 unspecified atom stereocenters. The highest BCUT2D eigenvalue weighted by Crippen LogP contribution is 2.51. The first-order valence-electron chi connectivity index (χ1n) is 25.2. The molecule has 0 N–H and O–H groups in total. The maximum absolute atomic E-state index is 12.9. The maximum atomic E-state index is 12.9. The molecule has 0 saturated heterocycles. The minimum absolute atomic E-state index is 0.362. The number of pyridine rings is 3. The van der Waals surface area contributed by atoms with Crippen molar-refractivity contribution >= 4 is 109 Å². The van der Waals surface area contributed by atoms with Crippen LogP contribution in [0.2, 0.25) is 0 Å². The molecule has 0 bridgehead atoms. The van der Waals surface area contributed by atoms with Gasteiger partial charge in [-0.25, -0.2) is 0 Å². The predicted molar refractivity (Wildman–Crippen MR) is 306 cm³/mol. The van der Waals surface area contributed by atoms with Crippen LogP contribution < -0.4 is 0 Å². The summed E-state index contributed by atoms with van der Waals surface area (Å²) < 4.78 is 11.4. The second kappa shape index (κ2) is 15.8. The number of nitrogens with zero attached hydrogens (tertiary/aromatic N) is 11. The standard InChI is InChI=1S/C66H35N11/c67-36-39-27-29-54-46(34-39)41-14-1-6-19-49(41)73(54)62-48(38-69)63(74-50-20-7-2-15-42(50)47-35-40(37-68)28-30-55(47)74)65(76-52-22-9-4-17-44(52)60-57(76)25-12-32-71-60)66(77-53-23-10-5-18-45(53)61-58(77)26-13-33-72-61)64(62)75-51-21-8-3-16-43(51)59-56(75)24-11-31-70-59/h1-35H. The van der Waals surface area contributed by atoms with Crippen molar-refractivity contribution < 1.29 is 0 Å². The Morgan fingerprint density at radius 2 is 0.545 bits per heavy atom. The van der Waals surface area contributed by atoms with Gasteiger partial charge in [0.1, 0.15) is 11.6 Å². The molecule has 16 rings (SSSR count). The van der Waals surface area contributed by atoms with Gasteiger partial charge in [0, 0.05) is 56.3 Å². The molecule has 354 valence electrons. The van der Waals surface area contributed by atoms with E-state index in [4.69, 9.17) is 15.0 Å². The van der Waals surface area contributed by atoms with Gasteiger partial charge in [-0.3, -0.25) is 15.0 Å². The number of fused-ring (bicyclic) bond motifs is 15. The van der Waals surface area contributed by atoms with Crippen LogP contribution in [0.15, 0.2) is 213 Å². The van der Waals surface area contributed by atoms with E-state index in [0.29, 0.717) is 39.4 Å². The Morgan fingerprint density at radius 3 is 0.896 bits per heavy atom. The average molecular weight is 982 g/mol. The first-order valence-corrected chi connectivity index (χ1v) is 25.2. The van der Waals surface area contributed by atoms with Gasteiger partial charge in [0.2, 0.25) is 0 Å². The maximum Gasteiger partial charge on any atom is 0.105 e. The summed E-state index contributed by atoms with van der Waals surface area (Å²) in [7, 11) is 0. The Kier molecular flexibility index (Phi) is 8.68. The summed E-state index contributed by atoms with van der Waals surface area (Å²) in [4.78, 5) is 15.4. The highest BCUT2D eigenvalue weighted by molar-refractivity contribution is 6.17. The molecule has 8 aromatic heterocycles. The quantitative estimate of drug-likeness (QED) is 0.169. The number of hydrogen-bond donors (Lipinski definition) is 0. The van der Waals surface area contributed by atoms with E-state index in [0.717, 1.165) is 115 Å². The van der Waals surface area contributed by atoms with Crippen molar-refractivity contribution in [3.05, 3.63) is 229 Å². The van der Waals surface area contributed by atoms with Crippen LogP contribution in [0.5, 0.6) is 0 Å². The fourth-order valence-electron chi connectivity index (χ4n) is 12.5. The molecule has 0 aliphatic heterocycles. The van der Waals surface area contributed by atoms with Gasteiger partial charge in [0.15, 0.2) is 0 Å². The van der Waals surface area contributed by atoms with Crippen LogP contribution in [-0.4, -0.2) is 37.8 Å². The van der Waals surface area contributed by atoms with Gasteiger partial charge in [0.05, 0.1) is 123 Å². The van der Waals surface area contributed by atoms with Gasteiger partial charge in [-0.05, 0) is 103 Å². The lowest BCUT2D eigenvalue weighted by Crippen LogP contribution is -2.18. The summed E-state index contributed by atoms with van der Waals surface area (Å²) in [6.07, 6.45) is 5.51. The van der Waals surface area contributed by atoms with Crippen molar-refractivity contribution in [3.63, 3.8) is 0 Å². The van der Waals surface area contributed by atoms with Crippen molar-refractivity contribution in [2.45, 2.75) is 0 Å². The summed E-state index contributed by atoms with van der Waals surface area (Å²) >= 11 is 0.